The SMILES string of the molecule is CNc1cncc(N2CCC(OC)CC2)c1. The average Bonchev–Trinajstić information content (AvgIpc) is 2.39. The van der Waals surface area contributed by atoms with Gasteiger partial charge in [0.25, 0.3) is 0 Å². The largest absolute Gasteiger partial charge is 0.387 e. The van der Waals surface area contributed by atoms with Gasteiger partial charge in [-0.25, -0.2) is 0 Å². The summed E-state index contributed by atoms with van der Waals surface area (Å²) < 4.78 is 5.37. The first-order valence-electron chi connectivity index (χ1n) is 5.74. The van der Waals surface area contributed by atoms with Crippen LogP contribution in [0, 0.1) is 0 Å². The van der Waals surface area contributed by atoms with E-state index in [0.717, 1.165) is 31.6 Å². The van der Waals surface area contributed by atoms with Crippen molar-refractivity contribution in [3.63, 3.8) is 0 Å². The molecule has 0 bridgehead atoms. The molecular formula is C12H19N3O. The summed E-state index contributed by atoms with van der Waals surface area (Å²) in [5.41, 5.74) is 2.26. The fourth-order valence-electron chi connectivity index (χ4n) is 2.09. The fourth-order valence-corrected chi connectivity index (χ4v) is 2.09. The molecule has 1 aromatic rings. The van der Waals surface area contributed by atoms with Gasteiger partial charge in [0.1, 0.15) is 0 Å². The zero-order valence-electron chi connectivity index (χ0n) is 9.94. The number of aromatic nitrogens is 1. The number of pyridine rings is 1. The summed E-state index contributed by atoms with van der Waals surface area (Å²) in [5, 5.41) is 3.11. The second-order valence-electron chi connectivity index (χ2n) is 4.10. The molecule has 0 amide bonds. The molecule has 4 nitrogen and oxygen atoms in total. The molecule has 2 rings (SSSR count). The number of methoxy groups -OCH3 is 1. The predicted molar refractivity (Wildman–Crippen MR) is 66.0 cm³/mol. The van der Waals surface area contributed by atoms with Crippen molar-refractivity contribution in [2.45, 2.75) is 18.9 Å². The standard InChI is InChI=1S/C12H19N3O/c1-13-10-7-11(9-14-8-10)15-5-3-12(16-2)4-6-15/h7-9,12-13H,3-6H2,1-2H3. The van der Waals surface area contributed by atoms with Gasteiger partial charge in [0, 0.05) is 27.2 Å². The van der Waals surface area contributed by atoms with Crippen molar-refractivity contribution in [3.8, 4) is 0 Å². The van der Waals surface area contributed by atoms with Crippen LogP contribution >= 0.6 is 0 Å². The Morgan fingerprint density at radius 3 is 2.75 bits per heavy atom. The topological polar surface area (TPSA) is 37.4 Å². The summed E-state index contributed by atoms with van der Waals surface area (Å²) >= 11 is 0. The fraction of sp³-hybridized carbons (Fsp3) is 0.583. The third-order valence-electron chi connectivity index (χ3n) is 3.15. The van der Waals surface area contributed by atoms with Gasteiger partial charge in [0.2, 0.25) is 0 Å². The number of nitrogens with one attached hydrogen (secondary N) is 1. The van der Waals surface area contributed by atoms with E-state index < -0.39 is 0 Å². The molecule has 16 heavy (non-hydrogen) atoms. The monoisotopic (exact) mass is 221 g/mol. The van der Waals surface area contributed by atoms with Crippen LogP contribution in [-0.4, -0.2) is 38.3 Å². The maximum Gasteiger partial charge on any atom is 0.0605 e. The van der Waals surface area contributed by atoms with Crippen LogP contribution in [0.5, 0.6) is 0 Å². The minimum Gasteiger partial charge on any atom is -0.387 e. The highest BCUT2D eigenvalue weighted by Gasteiger charge is 2.18. The first kappa shape index (κ1) is 11.2. The highest BCUT2D eigenvalue weighted by atomic mass is 16.5. The second kappa shape index (κ2) is 5.16. The summed E-state index contributed by atoms with van der Waals surface area (Å²) in [7, 11) is 3.71. The number of ether oxygens (including phenoxy) is 1. The van der Waals surface area contributed by atoms with Crippen LogP contribution in [0.15, 0.2) is 18.5 Å². The molecule has 1 N–H and O–H groups in total. The van der Waals surface area contributed by atoms with Gasteiger partial charge in [0.15, 0.2) is 0 Å². The van der Waals surface area contributed by atoms with Crippen molar-refractivity contribution in [2.24, 2.45) is 0 Å². The molecule has 1 aromatic heterocycles. The van der Waals surface area contributed by atoms with E-state index >= 15 is 0 Å². The highest BCUT2D eigenvalue weighted by Crippen LogP contribution is 2.22. The zero-order valence-corrected chi connectivity index (χ0v) is 9.94. The molecule has 2 heterocycles. The maximum absolute atomic E-state index is 5.37. The second-order valence-corrected chi connectivity index (χ2v) is 4.10. The van der Waals surface area contributed by atoms with E-state index in [1.807, 2.05) is 19.4 Å². The Morgan fingerprint density at radius 2 is 2.12 bits per heavy atom. The number of piperidine rings is 1. The predicted octanol–water partition coefficient (Wildman–Crippen LogP) is 1.74. The van der Waals surface area contributed by atoms with E-state index in [9.17, 15) is 0 Å². The van der Waals surface area contributed by atoms with Gasteiger partial charge in [-0.1, -0.05) is 0 Å². The lowest BCUT2D eigenvalue weighted by atomic mass is 10.1. The Kier molecular flexibility index (Phi) is 3.62. The number of rotatable bonds is 3. The Hall–Kier alpha value is -1.29. The minimum atomic E-state index is 0.427. The first-order chi connectivity index (χ1) is 7.83. The molecule has 0 spiro atoms. The van der Waals surface area contributed by atoms with E-state index in [1.54, 1.807) is 7.11 Å². The van der Waals surface area contributed by atoms with Gasteiger partial charge < -0.3 is 15.0 Å². The third-order valence-corrected chi connectivity index (χ3v) is 3.15. The molecule has 88 valence electrons. The summed E-state index contributed by atoms with van der Waals surface area (Å²) in [6, 6.07) is 2.14. The minimum absolute atomic E-state index is 0.427. The van der Waals surface area contributed by atoms with Gasteiger partial charge in [0.05, 0.1) is 29.9 Å². The quantitative estimate of drug-likeness (QED) is 0.843. The number of hydrogen-bond donors (Lipinski definition) is 1. The molecule has 1 fully saturated rings. The molecule has 0 aromatic carbocycles. The molecule has 0 unspecified atom stereocenters. The Morgan fingerprint density at radius 1 is 1.38 bits per heavy atom. The van der Waals surface area contributed by atoms with Crippen LogP contribution in [0.25, 0.3) is 0 Å². The van der Waals surface area contributed by atoms with Crippen molar-refractivity contribution >= 4 is 11.4 Å². The van der Waals surface area contributed by atoms with Crippen molar-refractivity contribution < 1.29 is 4.74 Å². The zero-order chi connectivity index (χ0) is 11.4. The van der Waals surface area contributed by atoms with Crippen LogP contribution in [-0.2, 0) is 4.74 Å². The van der Waals surface area contributed by atoms with Crippen LogP contribution < -0.4 is 10.2 Å². The van der Waals surface area contributed by atoms with E-state index in [0.29, 0.717) is 6.10 Å². The number of hydrogen-bond acceptors (Lipinski definition) is 4. The molecule has 0 saturated carbocycles. The molecule has 1 aliphatic rings. The van der Waals surface area contributed by atoms with Crippen molar-refractivity contribution in [3.05, 3.63) is 18.5 Å². The van der Waals surface area contributed by atoms with Crippen LogP contribution in [0.3, 0.4) is 0 Å². The summed E-state index contributed by atoms with van der Waals surface area (Å²) in [6.07, 6.45) is 6.39. The summed E-state index contributed by atoms with van der Waals surface area (Å²) in [4.78, 5) is 6.60. The van der Waals surface area contributed by atoms with Crippen LogP contribution in [0.2, 0.25) is 0 Å². The van der Waals surface area contributed by atoms with Crippen molar-refractivity contribution in [2.75, 3.05) is 37.5 Å². The highest BCUT2D eigenvalue weighted by molar-refractivity contribution is 5.55. The van der Waals surface area contributed by atoms with Crippen molar-refractivity contribution in [1.82, 2.24) is 4.98 Å². The lowest BCUT2D eigenvalue weighted by molar-refractivity contribution is 0.0819. The van der Waals surface area contributed by atoms with Gasteiger partial charge in [-0.3, -0.25) is 4.98 Å². The number of nitrogens with zero attached hydrogens (tertiary/aromatic N) is 2. The third kappa shape index (κ3) is 2.44. The molecule has 1 saturated heterocycles. The molecule has 0 aliphatic carbocycles. The van der Waals surface area contributed by atoms with E-state index in [1.165, 1.54) is 5.69 Å². The normalized spacial score (nSPS) is 17.5. The van der Waals surface area contributed by atoms with Crippen LogP contribution in [0.4, 0.5) is 11.4 Å². The van der Waals surface area contributed by atoms with Gasteiger partial charge in [-0.05, 0) is 18.9 Å². The Labute approximate surface area is 96.6 Å². The van der Waals surface area contributed by atoms with Crippen LogP contribution in [0.1, 0.15) is 12.8 Å². The smallest absolute Gasteiger partial charge is 0.0605 e. The Balaban J connectivity index is 2.02. The molecule has 0 radical (unpaired) electrons. The van der Waals surface area contributed by atoms with Gasteiger partial charge >= 0.3 is 0 Å². The van der Waals surface area contributed by atoms with Gasteiger partial charge in [-0.2, -0.15) is 0 Å². The lowest BCUT2D eigenvalue weighted by Crippen LogP contribution is -2.36. The Bertz CT molecular complexity index is 335. The van der Waals surface area contributed by atoms with Gasteiger partial charge in [-0.15, -0.1) is 0 Å². The first-order valence-corrected chi connectivity index (χ1v) is 5.74. The van der Waals surface area contributed by atoms with E-state index in [-0.39, 0.29) is 0 Å². The molecule has 4 heteroatoms. The van der Waals surface area contributed by atoms with E-state index in [2.05, 4.69) is 21.3 Å². The number of anilines is 2. The molecule has 1 aliphatic heterocycles. The summed E-state index contributed by atoms with van der Waals surface area (Å²) in [5.74, 6) is 0. The molecular weight excluding hydrogens is 202 g/mol. The molecule has 0 atom stereocenters. The summed E-state index contributed by atoms with van der Waals surface area (Å²) in [6.45, 7) is 2.10. The van der Waals surface area contributed by atoms with E-state index in [4.69, 9.17) is 4.74 Å². The average molecular weight is 221 g/mol. The lowest BCUT2D eigenvalue weighted by Gasteiger charge is -2.32. The maximum atomic E-state index is 5.37. The van der Waals surface area contributed by atoms with Crippen molar-refractivity contribution in [1.29, 1.82) is 0 Å².